The largest absolute Gasteiger partial charge is 0.374 e. The van der Waals surface area contributed by atoms with Crippen LogP contribution in [0.1, 0.15) is 53.2 Å². The first-order valence-corrected chi connectivity index (χ1v) is 9.45. The first-order valence-electron chi connectivity index (χ1n) is 9.45. The molecule has 1 saturated heterocycles. The molecule has 128 valence electrons. The zero-order chi connectivity index (χ0) is 16.8. The van der Waals surface area contributed by atoms with Gasteiger partial charge in [-0.2, -0.15) is 0 Å². The maximum Gasteiger partial charge on any atom is 0.0961 e. The Bertz CT molecular complexity index is 935. The van der Waals surface area contributed by atoms with Gasteiger partial charge in [-0.1, -0.05) is 18.2 Å². The number of hydrogen-bond donors (Lipinski definition) is 0. The zero-order valence-electron chi connectivity index (χ0n) is 14.8. The normalized spacial score (nSPS) is 19.6. The molecule has 2 aromatic carbocycles. The second kappa shape index (κ2) is 5.99. The third kappa shape index (κ3) is 2.67. The Morgan fingerprint density at radius 2 is 2.00 bits per heavy atom. The molecule has 1 fully saturated rings. The molecule has 1 atom stereocenters. The Labute approximate surface area is 148 Å². The lowest BCUT2D eigenvalue weighted by molar-refractivity contribution is 0.111. The van der Waals surface area contributed by atoms with Crippen molar-refractivity contribution in [2.24, 2.45) is 0 Å². The lowest BCUT2D eigenvalue weighted by Gasteiger charge is -2.15. The van der Waals surface area contributed by atoms with Crippen molar-refractivity contribution in [3.63, 3.8) is 0 Å². The first-order chi connectivity index (χ1) is 12.3. The van der Waals surface area contributed by atoms with Crippen molar-refractivity contribution in [2.45, 2.75) is 51.7 Å². The molecule has 0 amide bonds. The van der Waals surface area contributed by atoms with E-state index < -0.39 is 0 Å². The van der Waals surface area contributed by atoms with E-state index in [2.05, 4.69) is 46.8 Å². The average Bonchev–Trinajstić information content (AvgIpc) is 3.34. The van der Waals surface area contributed by atoms with E-state index in [1.54, 1.807) is 0 Å². The van der Waals surface area contributed by atoms with Crippen molar-refractivity contribution < 1.29 is 4.74 Å². The van der Waals surface area contributed by atoms with Crippen LogP contribution in [0.4, 0.5) is 0 Å². The Hall–Kier alpha value is -2.13. The van der Waals surface area contributed by atoms with Gasteiger partial charge in [0.05, 0.1) is 23.5 Å². The highest BCUT2D eigenvalue weighted by atomic mass is 16.5. The van der Waals surface area contributed by atoms with E-state index in [1.807, 2.05) is 6.33 Å². The third-order valence-corrected chi connectivity index (χ3v) is 5.80. The van der Waals surface area contributed by atoms with Crippen molar-refractivity contribution in [3.05, 3.63) is 64.5 Å². The molecule has 1 unspecified atom stereocenters. The van der Waals surface area contributed by atoms with Crippen molar-refractivity contribution in [1.82, 2.24) is 9.55 Å². The summed E-state index contributed by atoms with van der Waals surface area (Å²) in [5, 5.41) is 0. The van der Waals surface area contributed by atoms with Crippen molar-refractivity contribution in [2.75, 3.05) is 6.61 Å². The van der Waals surface area contributed by atoms with Crippen LogP contribution in [0, 0.1) is 6.92 Å². The summed E-state index contributed by atoms with van der Waals surface area (Å²) >= 11 is 0. The first kappa shape index (κ1) is 15.2. The molecular weight excluding hydrogens is 308 g/mol. The molecule has 0 N–H and O–H groups in total. The number of imidazole rings is 1. The highest BCUT2D eigenvalue weighted by Gasteiger charge is 2.19. The molecular formula is C22H24N2O. The van der Waals surface area contributed by atoms with E-state index in [4.69, 9.17) is 4.74 Å². The fourth-order valence-corrected chi connectivity index (χ4v) is 4.47. The number of fused-ring (bicyclic) bond motifs is 2. The van der Waals surface area contributed by atoms with Gasteiger partial charge in [0.25, 0.3) is 0 Å². The Morgan fingerprint density at radius 1 is 1.12 bits per heavy atom. The Balaban J connectivity index is 1.45. The molecule has 3 nitrogen and oxygen atoms in total. The topological polar surface area (TPSA) is 27.1 Å². The van der Waals surface area contributed by atoms with Crippen molar-refractivity contribution >= 4 is 11.0 Å². The number of aryl methyl sites for hydroxylation is 3. The number of ether oxygens (including phenoxy) is 1. The van der Waals surface area contributed by atoms with Gasteiger partial charge < -0.3 is 9.30 Å². The Morgan fingerprint density at radius 3 is 2.80 bits per heavy atom. The lowest BCUT2D eigenvalue weighted by Crippen LogP contribution is -2.02. The van der Waals surface area contributed by atoms with E-state index >= 15 is 0 Å². The summed E-state index contributed by atoms with van der Waals surface area (Å²) < 4.78 is 8.14. The smallest absolute Gasteiger partial charge is 0.0961 e. The van der Waals surface area contributed by atoms with Crippen LogP contribution < -0.4 is 0 Å². The summed E-state index contributed by atoms with van der Waals surface area (Å²) in [5.74, 6) is 0. The van der Waals surface area contributed by atoms with Gasteiger partial charge in [0.2, 0.25) is 0 Å². The predicted octanol–water partition coefficient (Wildman–Crippen LogP) is 4.73. The maximum absolute atomic E-state index is 5.85. The molecule has 1 aromatic heterocycles. The highest BCUT2D eigenvalue weighted by molar-refractivity contribution is 5.78. The number of nitrogens with zero attached hydrogens (tertiary/aromatic N) is 2. The maximum atomic E-state index is 5.85. The van der Waals surface area contributed by atoms with Gasteiger partial charge in [-0.25, -0.2) is 4.98 Å². The van der Waals surface area contributed by atoms with Crippen molar-refractivity contribution in [1.29, 1.82) is 0 Å². The van der Waals surface area contributed by atoms with Crippen LogP contribution in [0.15, 0.2) is 36.7 Å². The third-order valence-electron chi connectivity index (χ3n) is 5.80. The molecule has 25 heavy (non-hydrogen) atoms. The second-order valence-corrected chi connectivity index (χ2v) is 7.53. The summed E-state index contributed by atoms with van der Waals surface area (Å²) in [5.41, 5.74) is 9.44. The standard InChI is InChI=1S/C22H24N2O/c1-15-10-16(7-8-19(15)22-6-3-9-25-22)13-24-14-23-20-11-17-4-2-5-18(17)12-21(20)24/h7-8,10-12,14,22H,2-6,9,13H2,1H3. The highest BCUT2D eigenvalue weighted by Crippen LogP contribution is 2.31. The quantitative estimate of drug-likeness (QED) is 0.693. The molecule has 1 aliphatic heterocycles. The molecule has 0 bridgehead atoms. The van der Waals surface area contributed by atoms with Crippen LogP contribution in [-0.2, 0) is 24.1 Å². The van der Waals surface area contributed by atoms with Crippen molar-refractivity contribution in [3.8, 4) is 0 Å². The van der Waals surface area contributed by atoms with Crippen LogP contribution in [0.25, 0.3) is 11.0 Å². The predicted molar refractivity (Wildman–Crippen MR) is 100.0 cm³/mol. The zero-order valence-corrected chi connectivity index (χ0v) is 14.8. The van der Waals surface area contributed by atoms with Gasteiger partial charge in [0, 0.05) is 13.2 Å². The Kier molecular flexibility index (Phi) is 3.63. The minimum atomic E-state index is 0.297. The van der Waals surface area contributed by atoms with E-state index in [1.165, 1.54) is 59.0 Å². The summed E-state index contributed by atoms with van der Waals surface area (Å²) in [6, 6.07) is 11.5. The molecule has 0 saturated carbocycles. The minimum Gasteiger partial charge on any atom is -0.374 e. The van der Waals surface area contributed by atoms with Crippen LogP contribution >= 0.6 is 0 Å². The van der Waals surface area contributed by atoms with Gasteiger partial charge in [0.15, 0.2) is 0 Å². The van der Waals surface area contributed by atoms with Gasteiger partial charge in [-0.15, -0.1) is 0 Å². The van der Waals surface area contributed by atoms with Crippen LogP contribution in [0.3, 0.4) is 0 Å². The molecule has 2 heterocycles. The molecule has 2 aliphatic rings. The van der Waals surface area contributed by atoms with E-state index in [0.717, 1.165) is 25.1 Å². The molecule has 5 rings (SSSR count). The van der Waals surface area contributed by atoms with E-state index in [0.29, 0.717) is 6.10 Å². The van der Waals surface area contributed by atoms with Gasteiger partial charge in [0.1, 0.15) is 0 Å². The lowest BCUT2D eigenvalue weighted by atomic mass is 9.99. The molecule has 3 aromatic rings. The van der Waals surface area contributed by atoms with E-state index in [-0.39, 0.29) is 0 Å². The molecule has 3 heteroatoms. The molecule has 1 aliphatic carbocycles. The monoisotopic (exact) mass is 332 g/mol. The van der Waals surface area contributed by atoms with Gasteiger partial charge in [-0.3, -0.25) is 0 Å². The summed E-state index contributed by atoms with van der Waals surface area (Å²) in [6.07, 6.45) is 8.32. The van der Waals surface area contributed by atoms with Crippen LogP contribution in [-0.4, -0.2) is 16.2 Å². The fraction of sp³-hybridized carbons (Fsp3) is 0.409. The van der Waals surface area contributed by atoms with Gasteiger partial charge in [-0.05, 0) is 79.0 Å². The number of benzene rings is 2. The number of rotatable bonds is 3. The average molecular weight is 332 g/mol. The summed E-state index contributed by atoms with van der Waals surface area (Å²) in [4.78, 5) is 4.64. The fourth-order valence-electron chi connectivity index (χ4n) is 4.47. The second-order valence-electron chi connectivity index (χ2n) is 7.53. The minimum absolute atomic E-state index is 0.297. The summed E-state index contributed by atoms with van der Waals surface area (Å²) in [7, 11) is 0. The van der Waals surface area contributed by atoms with Crippen LogP contribution in [0.2, 0.25) is 0 Å². The molecule has 0 radical (unpaired) electrons. The number of hydrogen-bond acceptors (Lipinski definition) is 2. The SMILES string of the molecule is Cc1cc(Cn2cnc3cc4c(cc32)CCC4)ccc1C1CCCO1. The molecule has 0 spiro atoms. The van der Waals surface area contributed by atoms with Crippen LogP contribution in [0.5, 0.6) is 0 Å². The number of aromatic nitrogens is 2. The summed E-state index contributed by atoms with van der Waals surface area (Å²) in [6.45, 7) is 3.98. The van der Waals surface area contributed by atoms with E-state index in [9.17, 15) is 0 Å². The van der Waals surface area contributed by atoms with Gasteiger partial charge >= 0.3 is 0 Å².